The van der Waals surface area contributed by atoms with Crippen LogP contribution >= 0.6 is 0 Å². The molecule has 2 rings (SSSR count). The summed E-state index contributed by atoms with van der Waals surface area (Å²) in [5.41, 5.74) is 0.964. The van der Waals surface area contributed by atoms with Crippen molar-refractivity contribution in [3.8, 4) is 5.75 Å². The summed E-state index contributed by atoms with van der Waals surface area (Å²) < 4.78 is 10.6. The second-order valence-corrected chi connectivity index (χ2v) is 6.19. The van der Waals surface area contributed by atoms with Crippen molar-refractivity contribution in [1.29, 1.82) is 0 Å². The minimum atomic E-state index is -1.04. The fourth-order valence-corrected chi connectivity index (χ4v) is 3.06. The van der Waals surface area contributed by atoms with Crippen LogP contribution in [0.15, 0.2) is 30.9 Å². The van der Waals surface area contributed by atoms with Crippen LogP contribution in [0.3, 0.4) is 0 Å². The molecule has 1 aliphatic heterocycles. The molecule has 0 radical (unpaired) electrons. The van der Waals surface area contributed by atoms with Crippen molar-refractivity contribution in [3.05, 3.63) is 42.0 Å². The number of methoxy groups -OCH3 is 1. The Kier molecular flexibility index (Phi) is 7.03. The summed E-state index contributed by atoms with van der Waals surface area (Å²) in [4.78, 5) is 24.7. The van der Waals surface area contributed by atoms with E-state index in [1.54, 1.807) is 24.3 Å². The number of esters is 1. The van der Waals surface area contributed by atoms with Gasteiger partial charge in [-0.3, -0.25) is 0 Å². The van der Waals surface area contributed by atoms with Gasteiger partial charge in [0, 0.05) is 12.1 Å². The SMILES string of the molecule is C=CCCCOc1cc(C(=O)OC)ccc1C1CC(O)CCN1C(=O)O. The van der Waals surface area contributed by atoms with E-state index in [1.807, 2.05) is 0 Å². The van der Waals surface area contributed by atoms with E-state index in [4.69, 9.17) is 9.47 Å². The molecule has 2 N–H and O–H groups in total. The predicted molar refractivity (Wildman–Crippen MR) is 95.4 cm³/mol. The number of ether oxygens (including phenoxy) is 2. The molecule has 7 nitrogen and oxygen atoms in total. The molecule has 1 heterocycles. The summed E-state index contributed by atoms with van der Waals surface area (Å²) in [7, 11) is 1.30. The first-order valence-electron chi connectivity index (χ1n) is 8.61. The van der Waals surface area contributed by atoms with Gasteiger partial charge in [-0.15, -0.1) is 6.58 Å². The average Bonchev–Trinajstić information content (AvgIpc) is 2.64. The van der Waals surface area contributed by atoms with Crippen molar-refractivity contribution in [2.24, 2.45) is 0 Å². The number of unbranched alkanes of at least 4 members (excludes halogenated alkanes) is 1. The quantitative estimate of drug-likeness (QED) is 0.439. The van der Waals surface area contributed by atoms with Gasteiger partial charge in [0.15, 0.2) is 0 Å². The number of likely N-dealkylation sites (tertiary alicyclic amines) is 1. The predicted octanol–water partition coefficient (Wildman–Crippen LogP) is 2.99. The summed E-state index contributed by atoms with van der Waals surface area (Å²) in [6.07, 6.45) is 2.39. The highest BCUT2D eigenvalue weighted by atomic mass is 16.5. The molecule has 1 aliphatic rings. The average molecular weight is 363 g/mol. The zero-order chi connectivity index (χ0) is 19.1. The Hall–Kier alpha value is -2.54. The lowest BCUT2D eigenvalue weighted by Crippen LogP contribution is -2.42. The first-order valence-corrected chi connectivity index (χ1v) is 8.61. The number of hydrogen-bond donors (Lipinski definition) is 2. The highest BCUT2D eigenvalue weighted by molar-refractivity contribution is 5.90. The van der Waals surface area contributed by atoms with Crippen molar-refractivity contribution in [1.82, 2.24) is 4.90 Å². The minimum Gasteiger partial charge on any atom is -0.493 e. The smallest absolute Gasteiger partial charge is 0.407 e. The molecule has 0 aromatic heterocycles. The maximum Gasteiger partial charge on any atom is 0.407 e. The van der Waals surface area contributed by atoms with Gasteiger partial charge < -0.3 is 24.6 Å². The molecule has 0 aliphatic carbocycles. The van der Waals surface area contributed by atoms with Crippen LogP contribution < -0.4 is 4.74 Å². The van der Waals surface area contributed by atoms with E-state index in [1.165, 1.54) is 12.0 Å². The summed E-state index contributed by atoms with van der Waals surface area (Å²) in [5.74, 6) is -0.0615. The molecular weight excluding hydrogens is 338 g/mol. The zero-order valence-corrected chi connectivity index (χ0v) is 14.9. The Balaban J connectivity index is 2.35. The molecule has 26 heavy (non-hydrogen) atoms. The van der Waals surface area contributed by atoms with Gasteiger partial charge in [-0.25, -0.2) is 9.59 Å². The normalized spacial score (nSPS) is 19.7. The molecule has 1 fully saturated rings. The third kappa shape index (κ3) is 4.76. The van der Waals surface area contributed by atoms with Crippen LogP contribution in [-0.4, -0.2) is 53.5 Å². The van der Waals surface area contributed by atoms with Gasteiger partial charge in [-0.05, 0) is 37.8 Å². The van der Waals surface area contributed by atoms with Crippen molar-refractivity contribution in [2.45, 2.75) is 37.8 Å². The lowest BCUT2D eigenvalue weighted by Gasteiger charge is -2.37. The maximum atomic E-state index is 11.8. The Morgan fingerprint density at radius 2 is 2.19 bits per heavy atom. The Morgan fingerprint density at radius 3 is 2.85 bits per heavy atom. The van der Waals surface area contributed by atoms with Gasteiger partial charge in [0.05, 0.1) is 31.4 Å². The number of hydrogen-bond acceptors (Lipinski definition) is 5. The van der Waals surface area contributed by atoms with Gasteiger partial charge in [0.1, 0.15) is 5.75 Å². The molecule has 1 aromatic carbocycles. The van der Waals surface area contributed by atoms with Gasteiger partial charge in [0.25, 0.3) is 0 Å². The second-order valence-electron chi connectivity index (χ2n) is 6.19. The Labute approximate surface area is 152 Å². The van der Waals surface area contributed by atoms with Crippen molar-refractivity contribution < 1.29 is 29.3 Å². The number of carboxylic acid groups (broad SMARTS) is 1. The topological polar surface area (TPSA) is 96.3 Å². The summed E-state index contributed by atoms with van der Waals surface area (Å²) in [5, 5.41) is 19.5. The molecule has 0 bridgehead atoms. The maximum absolute atomic E-state index is 11.8. The number of rotatable bonds is 7. The number of carbonyl (C=O) groups excluding carboxylic acids is 1. The van der Waals surface area contributed by atoms with E-state index in [2.05, 4.69) is 6.58 Å². The molecule has 1 saturated heterocycles. The molecule has 1 amide bonds. The van der Waals surface area contributed by atoms with E-state index in [-0.39, 0.29) is 13.0 Å². The molecule has 2 atom stereocenters. The lowest BCUT2D eigenvalue weighted by molar-refractivity contribution is 0.0413. The number of aliphatic hydroxyl groups excluding tert-OH is 1. The standard InChI is InChI=1S/C19H25NO6/c1-3-4-5-10-26-17-11-13(18(22)25-2)6-7-15(17)16-12-14(21)8-9-20(16)19(23)24/h3,6-7,11,14,16,21H,1,4-5,8-10,12H2,2H3,(H,23,24). The zero-order valence-electron chi connectivity index (χ0n) is 14.9. The molecule has 1 aromatic rings. The van der Waals surface area contributed by atoms with E-state index in [0.717, 1.165) is 12.8 Å². The lowest BCUT2D eigenvalue weighted by atomic mass is 9.92. The minimum absolute atomic E-state index is 0.246. The van der Waals surface area contributed by atoms with Gasteiger partial charge in [0.2, 0.25) is 0 Å². The van der Waals surface area contributed by atoms with Crippen LogP contribution in [0.25, 0.3) is 0 Å². The summed E-state index contributed by atoms with van der Waals surface area (Å²) >= 11 is 0. The highest BCUT2D eigenvalue weighted by Crippen LogP contribution is 2.37. The largest absolute Gasteiger partial charge is 0.493 e. The number of amides is 1. The molecule has 0 spiro atoms. The van der Waals surface area contributed by atoms with E-state index in [9.17, 15) is 19.8 Å². The summed E-state index contributed by atoms with van der Waals surface area (Å²) in [6.45, 7) is 4.32. The molecule has 0 saturated carbocycles. The van der Waals surface area contributed by atoms with Gasteiger partial charge in [-0.1, -0.05) is 12.1 Å². The molecule has 142 valence electrons. The fraction of sp³-hybridized carbons (Fsp3) is 0.474. The van der Waals surface area contributed by atoms with E-state index >= 15 is 0 Å². The van der Waals surface area contributed by atoms with E-state index in [0.29, 0.717) is 29.9 Å². The Bertz CT molecular complexity index is 659. The monoisotopic (exact) mass is 363 g/mol. The van der Waals surface area contributed by atoms with Crippen molar-refractivity contribution in [3.63, 3.8) is 0 Å². The third-order valence-electron chi connectivity index (χ3n) is 4.42. The van der Waals surface area contributed by atoms with Crippen LogP contribution in [-0.2, 0) is 4.74 Å². The van der Waals surface area contributed by atoms with Crippen LogP contribution in [0, 0.1) is 0 Å². The molecule has 7 heteroatoms. The van der Waals surface area contributed by atoms with Crippen LogP contribution in [0.5, 0.6) is 5.75 Å². The molecular formula is C19H25NO6. The number of carbonyl (C=O) groups is 2. The van der Waals surface area contributed by atoms with Crippen molar-refractivity contribution in [2.75, 3.05) is 20.3 Å². The van der Waals surface area contributed by atoms with Crippen LogP contribution in [0.1, 0.15) is 47.6 Å². The van der Waals surface area contributed by atoms with Crippen molar-refractivity contribution >= 4 is 12.1 Å². The number of allylic oxidation sites excluding steroid dienone is 1. The Morgan fingerprint density at radius 1 is 1.42 bits per heavy atom. The number of nitrogens with zero attached hydrogens (tertiary/aromatic N) is 1. The third-order valence-corrected chi connectivity index (χ3v) is 4.42. The summed E-state index contributed by atoms with van der Waals surface area (Å²) in [6, 6.07) is 4.29. The first-order chi connectivity index (χ1) is 12.5. The molecule has 2 unspecified atom stereocenters. The van der Waals surface area contributed by atoms with Crippen LogP contribution in [0.2, 0.25) is 0 Å². The number of benzene rings is 1. The second kappa shape index (κ2) is 9.24. The number of piperidine rings is 1. The van der Waals surface area contributed by atoms with Gasteiger partial charge >= 0.3 is 12.1 Å². The fourth-order valence-electron chi connectivity index (χ4n) is 3.06. The van der Waals surface area contributed by atoms with Crippen LogP contribution in [0.4, 0.5) is 4.79 Å². The van der Waals surface area contributed by atoms with Gasteiger partial charge in [-0.2, -0.15) is 0 Å². The first kappa shape index (κ1) is 19.8. The van der Waals surface area contributed by atoms with E-state index < -0.39 is 24.2 Å². The highest BCUT2D eigenvalue weighted by Gasteiger charge is 2.34. The number of aliphatic hydroxyl groups is 1.